The predicted molar refractivity (Wildman–Crippen MR) is 112 cm³/mol. The number of hydrogen-bond acceptors (Lipinski definition) is 3. The largest absolute Gasteiger partial charge is 0.366 e. The van der Waals surface area contributed by atoms with Gasteiger partial charge in [0.15, 0.2) is 0 Å². The highest BCUT2D eigenvalue weighted by Gasteiger charge is 2.43. The van der Waals surface area contributed by atoms with Gasteiger partial charge in [-0.25, -0.2) is 4.90 Å². The van der Waals surface area contributed by atoms with Crippen LogP contribution >= 0.6 is 11.6 Å². The lowest BCUT2D eigenvalue weighted by molar-refractivity contribution is -0.120. The SMILES string of the molecule is Cc1ccc(C2=C(N3CCCC(C)C3)C(=O)N(c3ccccc3Cl)C2=O)cc1. The minimum Gasteiger partial charge on any atom is -0.366 e. The number of likely N-dealkylation sites (tertiary alicyclic amines) is 1. The first-order valence-corrected chi connectivity index (χ1v) is 10.0. The van der Waals surface area contributed by atoms with Crippen molar-refractivity contribution in [1.29, 1.82) is 0 Å². The topological polar surface area (TPSA) is 40.6 Å². The molecule has 144 valence electrons. The first-order chi connectivity index (χ1) is 13.5. The Kier molecular flexibility index (Phi) is 4.98. The quantitative estimate of drug-likeness (QED) is 0.710. The Bertz CT molecular complexity index is 965. The molecule has 4 nitrogen and oxygen atoms in total. The zero-order valence-electron chi connectivity index (χ0n) is 16.1. The predicted octanol–water partition coefficient (Wildman–Crippen LogP) is 4.66. The van der Waals surface area contributed by atoms with Crippen LogP contribution in [-0.2, 0) is 9.59 Å². The summed E-state index contributed by atoms with van der Waals surface area (Å²) in [6, 6.07) is 14.8. The van der Waals surface area contributed by atoms with Gasteiger partial charge in [0.25, 0.3) is 11.8 Å². The van der Waals surface area contributed by atoms with Gasteiger partial charge in [-0.05, 0) is 43.4 Å². The van der Waals surface area contributed by atoms with Gasteiger partial charge in [0.1, 0.15) is 5.70 Å². The molecule has 5 heteroatoms. The van der Waals surface area contributed by atoms with Gasteiger partial charge < -0.3 is 4.90 Å². The molecular weight excluding hydrogens is 372 g/mol. The molecule has 4 rings (SSSR count). The summed E-state index contributed by atoms with van der Waals surface area (Å²) in [4.78, 5) is 30.2. The van der Waals surface area contributed by atoms with Gasteiger partial charge in [-0.3, -0.25) is 9.59 Å². The number of para-hydroxylation sites is 1. The number of halogens is 1. The summed E-state index contributed by atoms with van der Waals surface area (Å²) < 4.78 is 0. The van der Waals surface area contributed by atoms with Crippen molar-refractivity contribution in [3.63, 3.8) is 0 Å². The number of carbonyl (C=O) groups is 2. The Balaban J connectivity index is 1.85. The lowest BCUT2D eigenvalue weighted by atomic mass is 9.97. The van der Waals surface area contributed by atoms with E-state index in [2.05, 4.69) is 11.8 Å². The molecule has 2 aromatic carbocycles. The second kappa shape index (κ2) is 7.44. The van der Waals surface area contributed by atoms with Gasteiger partial charge in [-0.2, -0.15) is 0 Å². The summed E-state index contributed by atoms with van der Waals surface area (Å²) >= 11 is 6.33. The van der Waals surface area contributed by atoms with Gasteiger partial charge in [-0.1, -0.05) is 60.5 Å². The first kappa shape index (κ1) is 18.8. The number of nitrogens with zero attached hydrogens (tertiary/aromatic N) is 2. The summed E-state index contributed by atoms with van der Waals surface area (Å²) in [7, 11) is 0. The minimum absolute atomic E-state index is 0.289. The van der Waals surface area contributed by atoms with Crippen molar-refractivity contribution in [2.45, 2.75) is 26.7 Å². The number of imide groups is 1. The fourth-order valence-corrected chi connectivity index (χ4v) is 4.26. The molecule has 2 aliphatic rings. The number of aryl methyl sites for hydroxylation is 1. The molecule has 2 aliphatic heterocycles. The highest BCUT2D eigenvalue weighted by molar-refractivity contribution is 6.47. The smallest absolute Gasteiger partial charge is 0.282 e. The fraction of sp³-hybridized carbons (Fsp3) is 0.304. The molecule has 2 aromatic rings. The van der Waals surface area contributed by atoms with E-state index >= 15 is 0 Å². The average molecular weight is 395 g/mol. The molecule has 2 amide bonds. The third-order valence-corrected chi connectivity index (χ3v) is 5.79. The molecule has 1 saturated heterocycles. The van der Waals surface area contributed by atoms with E-state index in [-0.39, 0.29) is 11.8 Å². The van der Waals surface area contributed by atoms with Crippen LogP contribution in [0.5, 0.6) is 0 Å². The molecule has 2 heterocycles. The molecule has 0 saturated carbocycles. The molecule has 0 bridgehead atoms. The fourth-order valence-electron chi connectivity index (χ4n) is 4.04. The van der Waals surface area contributed by atoms with Crippen LogP contribution in [0, 0.1) is 12.8 Å². The van der Waals surface area contributed by atoms with E-state index in [4.69, 9.17) is 11.6 Å². The number of piperidine rings is 1. The monoisotopic (exact) mass is 394 g/mol. The van der Waals surface area contributed by atoms with Crippen molar-refractivity contribution < 1.29 is 9.59 Å². The van der Waals surface area contributed by atoms with Crippen LogP contribution in [0.1, 0.15) is 30.9 Å². The maximum absolute atomic E-state index is 13.5. The number of anilines is 1. The maximum atomic E-state index is 13.5. The van der Waals surface area contributed by atoms with Crippen molar-refractivity contribution in [1.82, 2.24) is 4.90 Å². The second-order valence-corrected chi connectivity index (χ2v) is 8.09. The van der Waals surface area contributed by atoms with E-state index in [9.17, 15) is 9.59 Å². The van der Waals surface area contributed by atoms with Gasteiger partial charge in [-0.15, -0.1) is 0 Å². The van der Waals surface area contributed by atoms with E-state index in [1.165, 1.54) is 4.90 Å². The van der Waals surface area contributed by atoms with Gasteiger partial charge in [0, 0.05) is 13.1 Å². The van der Waals surface area contributed by atoms with Crippen LogP contribution in [0.2, 0.25) is 5.02 Å². The highest BCUT2D eigenvalue weighted by atomic mass is 35.5. The zero-order chi connectivity index (χ0) is 19.8. The van der Waals surface area contributed by atoms with Crippen molar-refractivity contribution in [3.8, 4) is 0 Å². The third kappa shape index (κ3) is 3.22. The van der Waals surface area contributed by atoms with E-state index in [0.717, 1.165) is 37.1 Å². The third-order valence-electron chi connectivity index (χ3n) is 5.47. The summed E-state index contributed by atoms with van der Waals surface area (Å²) in [5.41, 5.74) is 3.28. The summed E-state index contributed by atoms with van der Waals surface area (Å²) in [6.07, 6.45) is 2.15. The van der Waals surface area contributed by atoms with Crippen molar-refractivity contribution in [3.05, 3.63) is 70.4 Å². The lowest BCUT2D eigenvalue weighted by Gasteiger charge is -2.33. The van der Waals surface area contributed by atoms with E-state index in [1.807, 2.05) is 31.2 Å². The van der Waals surface area contributed by atoms with E-state index < -0.39 is 0 Å². The van der Waals surface area contributed by atoms with Crippen LogP contribution in [-0.4, -0.2) is 29.8 Å². The Labute approximate surface area is 170 Å². The molecule has 0 spiro atoms. The Morgan fingerprint density at radius 3 is 2.39 bits per heavy atom. The van der Waals surface area contributed by atoms with Crippen molar-refractivity contribution in [2.24, 2.45) is 5.92 Å². The van der Waals surface area contributed by atoms with E-state index in [1.54, 1.807) is 24.3 Å². The molecule has 1 unspecified atom stereocenters. The molecule has 1 atom stereocenters. The normalized spacial score (nSPS) is 20.3. The van der Waals surface area contributed by atoms with Gasteiger partial charge in [0.05, 0.1) is 16.3 Å². The average Bonchev–Trinajstić information content (AvgIpc) is 2.93. The lowest BCUT2D eigenvalue weighted by Crippen LogP contribution is -2.39. The molecule has 0 radical (unpaired) electrons. The summed E-state index contributed by atoms with van der Waals surface area (Å²) in [5.74, 6) is -0.115. The van der Waals surface area contributed by atoms with Crippen LogP contribution in [0.3, 0.4) is 0 Å². The Morgan fingerprint density at radius 2 is 1.71 bits per heavy atom. The highest BCUT2D eigenvalue weighted by Crippen LogP contribution is 2.38. The molecule has 28 heavy (non-hydrogen) atoms. The van der Waals surface area contributed by atoms with Crippen LogP contribution in [0.25, 0.3) is 5.57 Å². The van der Waals surface area contributed by atoms with Crippen molar-refractivity contribution in [2.75, 3.05) is 18.0 Å². The zero-order valence-corrected chi connectivity index (χ0v) is 16.9. The molecule has 0 aliphatic carbocycles. The number of hydrogen-bond donors (Lipinski definition) is 0. The molecular formula is C23H23ClN2O2. The molecule has 0 N–H and O–H groups in total. The Morgan fingerprint density at radius 1 is 1.00 bits per heavy atom. The Hall–Kier alpha value is -2.59. The number of benzene rings is 2. The van der Waals surface area contributed by atoms with E-state index in [0.29, 0.717) is 27.9 Å². The maximum Gasteiger partial charge on any atom is 0.282 e. The van der Waals surface area contributed by atoms with Gasteiger partial charge in [0.2, 0.25) is 0 Å². The number of amides is 2. The summed E-state index contributed by atoms with van der Waals surface area (Å²) in [5, 5.41) is 0.390. The first-order valence-electron chi connectivity index (χ1n) is 9.67. The standard InChI is InChI=1S/C23H23ClN2O2/c1-15-9-11-17(12-10-15)20-21(25-13-5-6-16(2)14-25)23(28)26(22(20)27)19-8-4-3-7-18(19)24/h3-4,7-12,16H,5-6,13-14H2,1-2H3. The van der Waals surface area contributed by atoms with Crippen molar-refractivity contribution >= 4 is 34.7 Å². The van der Waals surface area contributed by atoms with Gasteiger partial charge >= 0.3 is 0 Å². The molecule has 0 aromatic heterocycles. The van der Waals surface area contributed by atoms with Crippen LogP contribution < -0.4 is 4.90 Å². The van der Waals surface area contributed by atoms with Crippen LogP contribution in [0.4, 0.5) is 5.69 Å². The number of rotatable bonds is 3. The second-order valence-electron chi connectivity index (χ2n) is 7.68. The minimum atomic E-state index is -0.310. The number of carbonyl (C=O) groups excluding carboxylic acids is 2. The van der Waals surface area contributed by atoms with Crippen LogP contribution in [0.15, 0.2) is 54.2 Å². The summed E-state index contributed by atoms with van der Waals surface area (Å²) in [6.45, 7) is 5.75. The molecule has 1 fully saturated rings.